The Morgan fingerprint density at radius 2 is 2.25 bits per heavy atom. The zero-order valence-electron chi connectivity index (χ0n) is 10.4. The maximum Gasteiger partial charge on any atom is 0.138 e. The second-order valence-electron chi connectivity index (χ2n) is 3.61. The first-order valence-electron chi connectivity index (χ1n) is 5.99. The number of likely N-dealkylation sites (N-methyl/N-ethyl adjacent to an activating group) is 1. The summed E-state index contributed by atoms with van der Waals surface area (Å²) in [5.41, 5.74) is 0. The van der Waals surface area contributed by atoms with Crippen LogP contribution in [0, 0.1) is 0 Å². The summed E-state index contributed by atoms with van der Waals surface area (Å²) in [6.45, 7) is 8.35. The van der Waals surface area contributed by atoms with E-state index in [0.717, 1.165) is 31.1 Å². The van der Waals surface area contributed by atoms with Crippen molar-refractivity contribution in [2.24, 2.45) is 0 Å². The number of aromatic nitrogens is 3. The molecule has 0 aliphatic rings. The molecule has 1 unspecified atom stereocenters. The Morgan fingerprint density at radius 3 is 2.88 bits per heavy atom. The third-order valence-electron chi connectivity index (χ3n) is 2.44. The van der Waals surface area contributed by atoms with Crippen LogP contribution in [0.4, 0.5) is 0 Å². The van der Waals surface area contributed by atoms with Crippen molar-refractivity contribution in [3.63, 3.8) is 0 Å². The van der Waals surface area contributed by atoms with Gasteiger partial charge in [-0.2, -0.15) is 16.9 Å². The van der Waals surface area contributed by atoms with Gasteiger partial charge in [0.1, 0.15) is 12.2 Å². The molecule has 1 aromatic rings. The molecule has 0 aromatic carbocycles. The van der Waals surface area contributed by atoms with Gasteiger partial charge in [-0.1, -0.05) is 13.8 Å². The quantitative estimate of drug-likeness (QED) is 0.751. The summed E-state index contributed by atoms with van der Waals surface area (Å²) in [4.78, 5) is 4.32. The van der Waals surface area contributed by atoms with Gasteiger partial charge in [0, 0.05) is 24.8 Å². The van der Waals surface area contributed by atoms with Crippen LogP contribution in [0.3, 0.4) is 0 Å². The maximum absolute atomic E-state index is 4.32. The van der Waals surface area contributed by atoms with Gasteiger partial charge in [0.2, 0.25) is 0 Å². The lowest BCUT2D eigenvalue weighted by Crippen LogP contribution is -2.34. The number of rotatable bonds is 8. The van der Waals surface area contributed by atoms with Crippen molar-refractivity contribution in [1.29, 1.82) is 0 Å². The molecule has 1 aromatic heterocycles. The van der Waals surface area contributed by atoms with Gasteiger partial charge in [-0.25, -0.2) is 4.98 Å². The van der Waals surface area contributed by atoms with Gasteiger partial charge in [-0.05, 0) is 19.2 Å². The molecule has 0 saturated carbocycles. The largest absolute Gasteiger partial charge is 0.313 e. The van der Waals surface area contributed by atoms with Crippen molar-refractivity contribution in [3.05, 3.63) is 12.2 Å². The van der Waals surface area contributed by atoms with E-state index in [1.165, 1.54) is 5.75 Å². The Morgan fingerprint density at radius 1 is 1.44 bits per heavy atom. The van der Waals surface area contributed by atoms with Crippen LogP contribution in [-0.2, 0) is 13.0 Å². The number of nitrogens with one attached hydrogen (secondary N) is 1. The van der Waals surface area contributed by atoms with E-state index in [9.17, 15) is 0 Å². The second-order valence-corrected chi connectivity index (χ2v) is 4.93. The highest BCUT2D eigenvalue weighted by atomic mass is 32.2. The third-order valence-corrected chi connectivity index (χ3v) is 3.49. The first kappa shape index (κ1) is 13.5. The summed E-state index contributed by atoms with van der Waals surface area (Å²) in [5, 5.41) is 7.70. The molecule has 5 heteroatoms. The summed E-state index contributed by atoms with van der Waals surface area (Å²) >= 11 is 1.97. The van der Waals surface area contributed by atoms with Gasteiger partial charge in [-0.3, -0.25) is 4.68 Å². The molecule has 1 N–H and O–H groups in total. The van der Waals surface area contributed by atoms with Gasteiger partial charge in [0.25, 0.3) is 0 Å². The fourth-order valence-corrected chi connectivity index (χ4v) is 2.43. The summed E-state index contributed by atoms with van der Waals surface area (Å²) in [6.07, 6.45) is 2.61. The minimum absolute atomic E-state index is 0.504. The number of aryl methyl sites for hydroxylation is 1. The lowest BCUT2D eigenvalue weighted by atomic mass is 10.2. The average Bonchev–Trinajstić information content (AvgIpc) is 2.73. The summed E-state index contributed by atoms with van der Waals surface area (Å²) in [7, 11) is 0. The summed E-state index contributed by atoms with van der Waals surface area (Å²) < 4.78 is 1.97. The molecule has 0 amide bonds. The molecule has 1 atom stereocenters. The minimum Gasteiger partial charge on any atom is -0.313 e. The highest BCUT2D eigenvalue weighted by Crippen LogP contribution is 2.07. The van der Waals surface area contributed by atoms with Crippen LogP contribution in [-0.4, -0.2) is 38.9 Å². The van der Waals surface area contributed by atoms with Crippen molar-refractivity contribution in [1.82, 2.24) is 20.1 Å². The predicted molar refractivity (Wildman–Crippen MR) is 69.9 cm³/mol. The maximum atomic E-state index is 4.32. The lowest BCUT2D eigenvalue weighted by Gasteiger charge is -2.16. The molecule has 0 aliphatic carbocycles. The van der Waals surface area contributed by atoms with E-state index in [1.807, 2.05) is 16.4 Å². The molecule has 0 radical (unpaired) electrons. The predicted octanol–water partition coefficient (Wildman–Crippen LogP) is 1.57. The fraction of sp³-hybridized carbons (Fsp3) is 0.818. The third kappa shape index (κ3) is 4.14. The molecular weight excluding hydrogens is 220 g/mol. The van der Waals surface area contributed by atoms with E-state index in [0.29, 0.717) is 6.04 Å². The molecule has 0 saturated heterocycles. The molecule has 4 nitrogen and oxygen atoms in total. The SMILES string of the molecule is CCNC(CSCC)Cc1ncnn1CC. The van der Waals surface area contributed by atoms with Crippen molar-refractivity contribution in [2.45, 2.75) is 39.8 Å². The summed E-state index contributed by atoms with van der Waals surface area (Å²) in [6, 6.07) is 0.504. The lowest BCUT2D eigenvalue weighted by molar-refractivity contribution is 0.527. The van der Waals surface area contributed by atoms with Gasteiger partial charge in [0.15, 0.2) is 0 Å². The molecule has 16 heavy (non-hydrogen) atoms. The Labute approximate surface area is 102 Å². The smallest absolute Gasteiger partial charge is 0.138 e. The second kappa shape index (κ2) is 7.68. The van der Waals surface area contributed by atoms with E-state index < -0.39 is 0 Å². The van der Waals surface area contributed by atoms with E-state index in [1.54, 1.807) is 6.33 Å². The Balaban J connectivity index is 2.52. The normalized spacial score (nSPS) is 12.9. The van der Waals surface area contributed by atoms with E-state index in [4.69, 9.17) is 0 Å². The van der Waals surface area contributed by atoms with Crippen molar-refractivity contribution < 1.29 is 0 Å². The van der Waals surface area contributed by atoms with Crippen LogP contribution < -0.4 is 5.32 Å². The fourth-order valence-electron chi connectivity index (χ4n) is 1.67. The molecular formula is C11H22N4S. The first-order chi connectivity index (χ1) is 7.81. The zero-order valence-corrected chi connectivity index (χ0v) is 11.3. The molecule has 1 rings (SSSR count). The van der Waals surface area contributed by atoms with E-state index in [-0.39, 0.29) is 0 Å². The number of nitrogens with zero attached hydrogens (tertiary/aromatic N) is 3. The molecule has 0 spiro atoms. The van der Waals surface area contributed by atoms with Crippen molar-refractivity contribution >= 4 is 11.8 Å². The van der Waals surface area contributed by atoms with Gasteiger partial charge >= 0.3 is 0 Å². The summed E-state index contributed by atoms with van der Waals surface area (Å²) in [5.74, 6) is 3.40. The topological polar surface area (TPSA) is 42.7 Å². The standard InChI is InChI=1S/C11H22N4S/c1-4-12-10(8-16-6-3)7-11-13-9-14-15(11)5-2/h9-10,12H,4-8H2,1-3H3. The van der Waals surface area contributed by atoms with Crippen LogP contribution in [0.2, 0.25) is 0 Å². The highest BCUT2D eigenvalue weighted by Gasteiger charge is 2.12. The monoisotopic (exact) mass is 242 g/mol. The van der Waals surface area contributed by atoms with Crippen molar-refractivity contribution in [2.75, 3.05) is 18.1 Å². The molecule has 1 heterocycles. The molecule has 92 valence electrons. The Hall–Kier alpha value is -0.550. The first-order valence-corrected chi connectivity index (χ1v) is 7.15. The van der Waals surface area contributed by atoms with Crippen LogP contribution in [0.15, 0.2) is 6.33 Å². The van der Waals surface area contributed by atoms with Crippen LogP contribution in [0.5, 0.6) is 0 Å². The van der Waals surface area contributed by atoms with E-state index >= 15 is 0 Å². The Bertz CT molecular complexity index is 287. The van der Waals surface area contributed by atoms with Crippen LogP contribution in [0.25, 0.3) is 0 Å². The van der Waals surface area contributed by atoms with Crippen LogP contribution in [0.1, 0.15) is 26.6 Å². The Kier molecular flexibility index (Phi) is 6.49. The number of hydrogen-bond donors (Lipinski definition) is 1. The van der Waals surface area contributed by atoms with Gasteiger partial charge in [0.05, 0.1) is 0 Å². The van der Waals surface area contributed by atoms with Gasteiger partial charge in [-0.15, -0.1) is 0 Å². The average molecular weight is 242 g/mol. The zero-order chi connectivity index (χ0) is 11.8. The van der Waals surface area contributed by atoms with E-state index in [2.05, 4.69) is 36.2 Å². The highest BCUT2D eigenvalue weighted by molar-refractivity contribution is 7.99. The van der Waals surface area contributed by atoms with Crippen LogP contribution >= 0.6 is 11.8 Å². The number of thioether (sulfide) groups is 1. The minimum atomic E-state index is 0.504. The molecule has 0 bridgehead atoms. The molecule has 0 fully saturated rings. The number of hydrogen-bond acceptors (Lipinski definition) is 4. The molecule has 0 aliphatic heterocycles. The van der Waals surface area contributed by atoms with Gasteiger partial charge < -0.3 is 5.32 Å². The van der Waals surface area contributed by atoms with Crippen molar-refractivity contribution in [3.8, 4) is 0 Å².